The maximum absolute atomic E-state index is 11.8. The monoisotopic (exact) mass is 334 g/mol. The van der Waals surface area contributed by atoms with Gasteiger partial charge in [0.15, 0.2) is 5.13 Å². The summed E-state index contributed by atoms with van der Waals surface area (Å²) in [5, 5.41) is 7.69. The molecule has 1 amide bonds. The summed E-state index contributed by atoms with van der Waals surface area (Å²) < 4.78 is 0. The molecule has 0 unspecified atom stereocenters. The molecule has 0 atom stereocenters. The summed E-state index contributed by atoms with van der Waals surface area (Å²) in [6.07, 6.45) is 1.37. The Morgan fingerprint density at radius 3 is 2.52 bits per heavy atom. The highest BCUT2D eigenvalue weighted by molar-refractivity contribution is 7.24. The summed E-state index contributed by atoms with van der Waals surface area (Å²) in [6, 6.07) is 8.21. The predicted molar refractivity (Wildman–Crippen MR) is 92.3 cm³/mol. The van der Waals surface area contributed by atoms with Gasteiger partial charge in [-0.3, -0.25) is 4.79 Å². The third kappa shape index (κ3) is 3.23. The van der Waals surface area contributed by atoms with Crippen LogP contribution in [0.5, 0.6) is 0 Å². The van der Waals surface area contributed by atoms with E-state index in [4.69, 9.17) is 0 Å². The van der Waals surface area contributed by atoms with Gasteiger partial charge in [-0.2, -0.15) is 0 Å². The second-order valence-corrected chi connectivity index (χ2v) is 7.34. The largest absolute Gasteiger partial charge is 0.302 e. The smallest absolute Gasteiger partial charge is 0.226 e. The van der Waals surface area contributed by atoms with E-state index in [2.05, 4.69) is 27.8 Å². The normalized spacial score (nSPS) is 10.7. The number of thiazole rings is 1. The van der Waals surface area contributed by atoms with Crippen molar-refractivity contribution >= 4 is 45.0 Å². The summed E-state index contributed by atoms with van der Waals surface area (Å²) in [5.74, 6) is 0.0294. The maximum atomic E-state index is 11.8. The number of carbonyl (C=O) groups is 1. The van der Waals surface area contributed by atoms with Crippen molar-refractivity contribution in [2.75, 3.05) is 5.32 Å². The molecule has 0 bridgehead atoms. The Bertz CT molecular complexity index is 663. The van der Waals surface area contributed by atoms with E-state index in [-0.39, 0.29) is 5.91 Å². The molecule has 3 rings (SSSR count). The van der Waals surface area contributed by atoms with E-state index in [9.17, 15) is 4.79 Å². The summed E-state index contributed by atoms with van der Waals surface area (Å²) in [7, 11) is 0. The van der Waals surface area contributed by atoms with Crippen LogP contribution in [0.2, 0.25) is 0 Å². The minimum absolute atomic E-state index is 0.0294. The van der Waals surface area contributed by atoms with Gasteiger partial charge in [-0.15, -0.1) is 22.7 Å². The third-order valence-corrected chi connectivity index (χ3v) is 5.75. The van der Waals surface area contributed by atoms with Crippen molar-refractivity contribution in [1.82, 2.24) is 4.98 Å². The summed E-state index contributed by atoms with van der Waals surface area (Å²) in [4.78, 5) is 19.8. The van der Waals surface area contributed by atoms with Crippen molar-refractivity contribution in [3.8, 4) is 20.3 Å². The summed E-state index contributed by atoms with van der Waals surface area (Å²) in [5.41, 5.74) is 0.962. The van der Waals surface area contributed by atoms with Crippen molar-refractivity contribution in [2.45, 2.75) is 19.8 Å². The number of aromatic nitrogens is 1. The van der Waals surface area contributed by atoms with E-state index >= 15 is 0 Å². The van der Waals surface area contributed by atoms with Crippen LogP contribution in [-0.2, 0) is 4.79 Å². The number of carbonyl (C=O) groups excluding carboxylic acids is 1. The zero-order valence-corrected chi connectivity index (χ0v) is 13.9. The molecule has 3 aromatic heterocycles. The third-order valence-electron chi connectivity index (χ3n) is 2.85. The first-order valence-electron chi connectivity index (χ1n) is 6.66. The van der Waals surface area contributed by atoms with Gasteiger partial charge >= 0.3 is 0 Å². The fraction of sp³-hybridized carbons (Fsp3) is 0.200. The van der Waals surface area contributed by atoms with Crippen molar-refractivity contribution in [2.24, 2.45) is 0 Å². The molecular weight excluding hydrogens is 320 g/mol. The fourth-order valence-corrected chi connectivity index (χ4v) is 4.57. The number of nitrogens with zero attached hydrogens (tertiary/aromatic N) is 1. The zero-order chi connectivity index (χ0) is 14.7. The molecule has 108 valence electrons. The number of hydrogen-bond donors (Lipinski definition) is 1. The Balaban J connectivity index is 1.98. The summed E-state index contributed by atoms with van der Waals surface area (Å²) in [6.45, 7) is 2.00. The van der Waals surface area contributed by atoms with E-state index in [0.717, 1.165) is 21.9 Å². The van der Waals surface area contributed by atoms with E-state index in [1.165, 1.54) is 4.88 Å². The number of rotatable bonds is 5. The Morgan fingerprint density at radius 2 is 1.90 bits per heavy atom. The highest BCUT2D eigenvalue weighted by atomic mass is 32.1. The second kappa shape index (κ2) is 6.51. The molecule has 3 nitrogen and oxygen atoms in total. The van der Waals surface area contributed by atoms with E-state index < -0.39 is 0 Å². The van der Waals surface area contributed by atoms with Crippen LogP contribution in [0.25, 0.3) is 20.3 Å². The van der Waals surface area contributed by atoms with Gasteiger partial charge in [-0.1, -0.05) is 30.4 Å². The van der Waals surface area contributed by atoms with Crippen LogP contribution in [-0.4, -0.2) is 10.9 Å². The molecule has 0 spiro atoms. The molecule has 0 aliphatic heterocycles. The molecule has 0 aromatic carbocycles. The van der Waals surface area contributed by atoms with Crippen LogP contribution in [0.1, 0.15) is 19.8 Å². The Kier molecular flexibility index (Phi) is 4.48. The average molecular weight is 334 g/mol. The Hall–Kier alpha value is -1.50. The van der Waals surface area contributed by atoms with E-state index in [0.29, 0.717) is 11.6 Å². The first-order chi connectivity index (χ1) is 10.3. The van der Waals surface area contributed by atoms with Gasteiger partial charge in [0.1, 0.15) is 5.69 Å². The predicted octanol–water partition coefficient (Wildman–Crippen LogP) is 5.34. The molecule has 6 heteroatoms. The minimum atomic E-state index is 0.0294. The molecule has 0 saturated carbocycles. The first kappa shape index (κ1) is 14.4. The van der Waals surface area contributed by atoms with Gasteiger partial charge in [-0.25, -0.2) is 4.98 Å². The van der Waals surface area contributed by atoms with Crippen molar-refractivity contribution in [3.05, 3.63) is 35.0 Å². The SMILES string of the molecule is CCCC(=O)Nc1nc(-c2cccs2)c(-c2cccs2)s1. The molecule has 0 aliphatic carbocycles. The highest BCUT2D eigenvalue weighted by Gasteiger charge is 2.17. The standard InChI is InChI=1S/C15H14N2OS3/c1-2-5-12(18)16-15-17-13(10-6-3-8-19-10)14(21-15)11-7-4-9-20-11/h3-4,6-9H,2,5H2,1H3,(H,16,17,18). The zero-order valence-electron chi connectivity index (χ0n) is 11.5. The van der Waals surface area contributed by atoms with Crippen LogP contribution in [0.4, 0.5) is 5.13 Å². The number of hydrogen-bond acceptors (Lipinski definition) is 5. The minimum Gasteiger partial charge on any atom is -0.302 e. The van der Waals surface area contributed by atoms with Crippen LogP contribution >= 0.6 is 34.0 Å². The van der Waals surface area contributed by atoms with Crippen molar-refractivity contribution in [3.63, 3.8) is 0 Å². The van der Waals surface area contributed by atoms with Crippen molar-refractivity contribution in [1.29, 1.82) is 0 Å². The van der Waals surface area contributed by atoms with Crippen LogP contribution in [0, 0.1) is 0 Å². The van der Waals surface area contributed by atoms with Gasteiger partial charge in [-0.05, 0) is 29.3 Å². The number of anilines is 1. The lowest BCUT2D eigenvalue weighted by Gasteiger charge is -1.97. The first-order valence-corrected chi connectivity index (χ1v) is 9.24. The van der Waals surface area contributed by atoms with Crippen LogP contribution in [0.15, 0.2) is 35.0 Å². The molecule has 0 radical (unpaired) electrons. The molecule has 1 N–H and O–H groups in total. The molecule has 3 heterocycles. The lowest BCUT2D eigenvalue weighted by Crippen LogP contribution is -2.10. The topological polar surface area (TPSA) is 42.0 Å². The number of thiophene rings is 2. The van der Waals surface area contributed by atoms with Gasteiger partial charge in [0.2, 0.25) is 5.91 Å². The van der Waals surface area contributed by atoms with Gasteiger partial charge in [0.25, 0.3) is 0 Å². The lowest BCUT2D eigenvalue weighted by molar-refractivity contribution is -0.116. The van der Waals surface area contributed by atoms with Gasteiger partial charge in [0, 0.05) is 11.3 Å². The highest BCUT2D eigenvalue weighted by Crippen LogP contribution is 2.42. The molecular formula is C15H14N2OS3. The second-order valence-electron chi connectivity index (χ2n) is 4.45. The Labute approximate surface area is 135 Å². The lowest BCUT2D eigenvalue weighted by atomic mass is 10.3. The van der Waals surface area contributed by atoms with E-state index in [1.54, 1.807) is 34.0 Å². The number of nitrogens with one attached hydrogen (secondary N) is 1. The van der Waals surface area contributed by atoms with Gasteiger partial charge in [0.05, 0.1) is 9.75 Å². The molecule has 21 heavy (non-hydrogen) atoms. The molecule has 0 aliphatic rings. The van der Waals surface area contributed by atoms with Crippen LogP contribution in [0.3, 0.4) is 0 Å². The molecule has 3 aromatic rings. The van der Waals surface area contributed by atoms with E-state index in [1.807, 2.05) is 24.4 Å². The summed E-state index contributed by atoms with van der Waals surface area (Å²) >= 11 is 4.90. The maximum Gasteiger partial charge on any atom is 0.226 e. The number of amides is 1. The fourth-order valence-electron chi connectivity index (χ4n) is 1.94. The van der Waals surface area contributed by atoms with Gasteiger partial charge < -0.3 is 5.32 Å². The average Bonchev–Trinajstić information content (AvgIpc) is 3.20. The van der Waals surface area contributed by atoms with Crippen LogP contribution < -0.4 is 5.32 Å². The molecule has 0 fully saturated rings. The quantitative estimate of drug-likeness (QED) is 0.684. The Morgan fingerprint density at radius 1 is 1.19 bits per heavy atom. The molecule has 0 saturated heterocycles. The van der Waals surface area contributed by atoms with Crippen molar-refractivity contribution < 1.29 is 4.79 Å².